The molecule has 1 heterocycles. The monoisotopic (exact) mass is 283 g/mol. The molecule has 1 fully saturated rings. The van der Waals surface area contributed by atoms with E-state index < -0.39 is 17.7 Å². The van der Waals surface area contributed by atoms with Gasteiger partial charge in [-0.25, -0.2) is 4.79 Å². The van der Waals surface area contributed by atoms with Crippen LogP contribution in [0.5, 0.6) is 0 Å². The number of hydrogen-bond donors (Lipinski definition) is 0. The molecule has 1 rings (SSSR count). The number of amides is 1. The predicted octanol–water partition coefficient (Wildman–Crippen LogP) is 2.55. The maximum Gasteiger partial charge on any atom is 0.411 e. The summed E-state index contributed by atoms with van der Waals surface area (Å²) < 4.78 is 10.7. The number of unbranched alkanes of at least 4 members (excludes halogenated alkanes) is 1. The van der Waals surface area contributed by atoms with Gasteiger partial charge in [-0.3, -0.25) is 9.69 Å². The van der Waals surface area contributed by atoms with Crippen LogP contribution in [0.2, 0.25) is 0 Å². The standard InChI is InChI=1S/C15H25NO4/c1-5-6-7-8-13(17)12-11-19-10-9-16(12)14(18)20-15(2,3)4/h5,12H,1,6-11H2,2-4H3. The Balaban J connectivity index is 2.63. The van der Waals surface area contributed by atoms with Crippen molar-refractivity contribution in [3.05, 3.63) is 12.7 Å². The van der Waals surface area contributed by atoms with Gasteiger partial charge in [0.15, 0.2) is 5.78 Å². The Hall–Kier alpha value is -1.36. The first-order chi connectivity index (χ1) is 9.35. The summed E-state index contributed by atoms with van der Waals surface area (Å²) in [5.41, 5.74) is -0.564. The van der Waals surface area contributed by atoms with Crippen LogP contribution in [0.1, 0.15) is 40.0 Å². The van der Waals surface area contributed by atoms with Crippen LogP contribution in [-0.2, 0) is 14.3 Å². The van der Waals surface area contributed by atoms with Crippen molar-refractivity contribution in [2.75, 3.05) is 19.8 Å². The molecule has 0 saturated carbocycles. The van der Waals surface area contributed by atoms with Gasteiger partial charge in [-0.05, 0) is 33.6 Å². The molecule has 5 heteroatoms. The van der Waals surface area contributed by atoms with E-state index in [-0.39, 0.29) is 12.4 Å². The molecule has 1 aliphatic rings. The van der Waals surface area contributed by atoms with Gasteiger partial charge in [-0.2, -0.15) is 0 Å². The number of Topliss-reactive ketones (excluding diaryl/α,β-unsaturated/α-hetero) is 1. The maximum absolute atomic E-state index is 12.2. The first kappa shape index (κ1) is 16.7. The van der Waals surface area contributed by atoms with E-state index in [0.717, 1.165) is 12.8 Å². The van der Waals surface area contributed by atoms with Crippen molar-refractivity contribution < 1.29 is 19.1 Å². The number of hydrogen-bond acceptors (Lipinski definition) is 4. The summed E-state index contributed by atoms with van der Waals surface area (Å²) in [5, 5.41) is 0. The largest absolute Gasteiger partial charge is 0.444 e. The van der Waals surface area contributed by atoms with Gasteiger partial charge in [-0.1, -0.05) is 6.08 Å². The minimum absolute atomic E-state index is 0.0254. The second-order valence-electron chi connectivity index (χ2n) is 5.91. The number of allylic oxidation sites excluding steroid dienone is 1. The highest BCUT2D eigenvalue weighted by Crippen LogP contribution is 2.16. The van der Waals surface area contributed by atoms with E-state index in [4.69, 9.17) is 9.47 Å². The van der Waals surface area contributed by atoms with Gasteiger partial charge >= 0.3 is 6.09 Å². The zero-order chi connectivity index (χ0) is 15.2. The maximum atomic E-state index is 12.2. The Labute approximate surface area is 120 Å². The average molecular weight is 283 g/mol. The third-order valence-corrected chi connectivity index (χ3v) is 2.96. The number of carbonyl (C=O) groups is 2. The highest BCUT2D eigenvalue weighted by atomic mass is 16.6. The van der Waals surface area contributed by atoms with Gasteiger partial charge in [0.25, 0.3) is 0 Å². The summed E-state index contributed by atoms with van der Waals surface area (Å²) in [5.74, 6) is 0.0254. The summed E-state index contributed by atoms with van der Waals surface area (Å²) in [6, 6.07) is -0.525. The molecule has 114 valence electrons. The van der Waals surface area contributed by atoms with Gasteiger partial charge in [0.05, 0.1) is 13.2 Å². The number of nitrogens with zero attached hydrogens (tertiary/aromatic N) is 1. The molecule has 0 aromatic carbocycles. The minimum Gasteiger partial charge on any atom is -0.444 e. The van der Waals surface area contributed by atoms with Crippen LogP contribution < -0.4 is 0 Å². The molecule has 0 N–H and O–H groups in total. The van der Waals surface area contributed by atoms with Crippen LogP contribution >= 0.6 is 0 Å². The molecule has 0 aliphatic carbocycles. The molecule has 1 unspecified atom stereocenters. The van der Waals surface area contributed by atoms with E-state index in [1.165, 1.54) is 4.90 Å². The van der Waals surface area contributed by atoms with Crippen molar-refractivity contribution in [3.63, 3.8) is 0 Å². The lowest BCUT2D eigenvalue weighted by Gasteiger charge is -2.35. The Morgan fingerprint density at radius 3 is 2.75 bits per heavy atom. The molecule has 0 radical (unpaired) electrons. The van der Waals surface area contributed by atoms with Crippen LogP contribution in [0.15, 0.2) is 12.7 Å². The van der Waals surface area contributed by atoms with Crippen molar-refractivity contribution in [3.8, 4) is 0 Å². The summed E-state index contributed by atoms with van der Waals surface area (Å²) in [7, 11) is 0. The molecule has 5 nitrogen and oxygen atoms in total. The fourth-order valence-corrected chi connectivity index (χ4v) is 2.00. The van der Waals surface area contributed by atoms with Crippen molar-refractivity contribution in [1.82, 2.24) is 4.90 Å². The van der Waals surface area contributed by atoms with E-state index in [9.17, 15) is 9.59 Å². The van der Waals surface area contributed by atoms with E-state index in [1.807, 2.05) is 20.8 Å². The van der Waals surface area contributed by atoms with Gasteiger partial charge in [0, 0.05) is 13.0 Å². The number of carbonyl (C=O) groups excluding carboxylic acids is 2. The van der Waals surface area contributed by atoms with E-state index in [1.54, 1.807) is 6.08 Å². The van der Waals surface area contributed by atoms with Gasteiger partial charge in [0.1, 0.15) is 11.6 Å². The van der Waals surface area contributed by atoms with Crippen LogP contribution in [0.3, 0.4) is 0 Å². The van der Waals surface area contributed by atoms with Crippen LogP contribution in [0.25, 0.3) is 0 Å². The topological polar surface area (TPSA) is 55.8 Å². The summed E-state index contributed by atoms with van der Waals surface area (Å²) in [6.07, 6.45) is 3.32. The number of rotatable bonds is 5. The third kappa shape index (κ3) is 5.33. The van der Waals surface area contributed by atoms with Crippen molar-refractivity contribution in [1.29, 1.82) is 0 Å². The number of ketones is 1. The summed E-state index contributed by atoms with van der Waals surface area (Å²) in [4.78, 5) is 25.8. The Morgan fingerprint density at radius 2 is 2.15 bits per heavy atom. The van der Waals surface area contributed by atoms with Gasteiger partial charge in [-0.15, -0.1) is 6.58 Å². The first-order valence-corrected chi connectivity index (χ1v) is 7.06. The lowest BCUT2D eigenvalue weighted by Crippen LogP contribution is -2.53. The molecular weight excluding hydrogens is 258 g/mol. The highest BCUT2D eigenvalue weighted by Gasteiger charge is 2.34. The van der Waals surface area contributed by atoms with Crippen LogP contribution in [0, 0.1) is 0 Å². The van der Waals surface area contributed by atoms with E-state index >= 15 is 0 Å². The zero-order valence-corrected chi connectivity index (χ0v) is 12.7. The highest BCUT2D eigenvalue weighted by molar-refractivity contribution is 5.87. The molecular formula is C15H25NO4. The molecule has 0 aromatic heterocycles. The third-order valence-electron chi connectivity index (χ3n) is 2.96. The number of morpholine rings is 1. The lowest BCUT2D eigenvalue weighted by molar-refractivity contribution is -0.130. The Kier molecular flexibility index (Phi) is 6.20. The molecule has 0 aromatic rings. The fraction of sp³-hybridized carbons (Fsp3) is 0.733. The second kappa shape index (κ2) is 7.43. The minimum atomic E-state index is -0.564. The smallest absolute Gasteiger partial charge is 0.411 e. The normalized spacial score (nSPS) is 19.6. The van der Waals surface area contributed by atoms with Gasteiger partial charge in [0.2, 0.25) is 0 Å². The lowest BCUT2D eigenvalue weighted by atomic mass is 10.0. The summed E-state index contributed by atoms with van der Waals surface area (Å²) >= 11 is 0. The first-order valence-electron chi connectivity index (χ1n) is 7.06. The fourth-order valence-electron chi connectivity index (χ4n) is 2.00. The van der Waals surface area contributed by atoms with Crippen molar-refractivity contribution in [2.45, 2.75) is 51.7 Å². The molecule has 20 heavy (non-hydrogen) atoms. The summed E-state index contributed by atoms with van der Waals surface area (Å²) in [6.45, 7) is 10.2. The van der Waals surface area contributed by atoms with Crippen molar-refractivity contribution >= 4 is 11.9 Å². The SMILES string of the molecule is C=CCCCC(=O)C1COCCN1C(=O)OC(C)(C)C. The zero-order valence-electron chi connectivity index (χ0n) is 12.7. The Bertz CT molecular complexity index is 359. The average Bonchev–Trinajstić information content (AvgIpc) is 2.37. The van der Waals surface area contributed by atoms with E-state index in [0.29, 0.717) is 19.6 Å². The number of ether oxygens (including phenoxy) is 2. The Morgan fingerprint density at radius 1 is 1.45 bits per heavy atom. The molecule has 0 spiro atoms. The van der Waals surface area contributed by atoms with Crippen LogP contribution in [-0.4, -0.2) is 48.2 Å². The molecule has 1 amide bonds. The predicted molar refractivity (Wildman–Crippen MR) is 76.6 cm³/mol. The molecule has 1 saturated heterocycles. The molecule has 0 bridgehead atoms. The van der Waals surface area contributed by atoms with E-state index in [2.05, 4.69) is 6.58 Å². The van der Waals surface area contributed by atoms with Crippen LogP contribution in [0.4, 0.5) is 4.79 Å². The quantitative estimate of drug-likeness (QED) is 0.575. The van der Waals surface area contributed by atoms with Crippen molar-refractivity contribution in [2.24, 2.45) is 0 Å². The van der Waals surface area contributed by atoms with Gasteiger partial charge < -0.3 is 9.47 Å². The second-order valence-corrected chi connectivity index (χ2v) is 5.91. The molecule has 1 aliphatic heterocycles. The molecule has 1 atom stereocenters.